The molecule has 25 heavy (non-hydrogen) atoms. The molecule has 2 atom stereocenters. The van der Waals surface area contributed by atoms with Crippen molar-refractivity contribution in [3.05, 3.63) is 35.2 Å². The smallest absolute Gasteiger partial charge is 0.241 e. The van der Waals surface area contributed by atoms with Crippen LogP contribution in [0.1, 0.15) is 25.7 Å². The van der Waals surface area contributed by atoms with Crippen molar-refractivity contribution in [3.8, 4) is 11.4 Å². The highest BCUT2D eigenvalue weighted by Crippen LogP contribution is 2.30. The zero-order valence-electron chi connectivity index (χ0n) is 14.2. The van der Waals surface area contributed by atoms with Crippen LogP contribution in [0.2, 0.25) is 5.02 Å². The van der Waals surface area contributed by atoms with Crippen molar-refractivity contribution in [2.24, 2.45) is 5.92 Å². The lowest BCUT2D eigenvalue weighted by Gasteiger charge is -2.34. The predicted molar refractivity (Wildman–Crippen MR) is 93.9 cm³/mol. The normalized spacial score (nSPS) is 23.7. The fourth-order valence-corrected chi connectivity index (χ4v) is 4.09. The molecule has 2 aromatic rings. The topological polar surface area (TPSA) is 62.5 Å². The maximum Gasteiger partial charge on any atom is 0.241 e. The summed E-state index contributed by atoms with van der Waals surface area (Å²) in [7, 11) is 0. The molecule has 0 radical (unpaired) electrons. The third kappa shape index (κ3) is 3.41. The molecule has 1 aromatic heterocycles. The number of hydrogen-bond acceptors (Lipinski definition) is 5. The number of fused-ring (bicyclic) bond motifs is 4. The van der Waals surface area contributed by atoms with Crippen molar-refractivity contribution >= 4 is 17.5 Å². The van der Waals surface area contributed by atoms with E-state index >= 15 is 0 Å². The number of rotatable bonds is 3. The summed E-state index contributed by atoms with van der Waals surface area (Å²) in [5.74, 6) is 1.80. The van der Waals surface area contributed by atoms with E-state index < -0.39 is 0 Å². The summed E-state index contributed by atoms with van der Waals surface area (Å²) in [6.07, 6.45) is 2.29. The van der Waals surface area contributed by atoms with Gasteiger partial charge >= 0.3 is 0 Å². The zero-order valence-corrected chi connectivity index (χ0v) is 14.9. The van der Waals surface area contributed by atoms with Crippen molar-refractivity contribution in [1.29, 1.82) is 0 Å². The number of aromatic nitrogens is 2. The molecule has 0 aliphatic carbocycles. The van der Waals surface area contributed by atoms with Gasteiger partial charge in [0.15, 0.2) is 0 Å². The minimum atomic E-state index is 0.164. The summed E-state index contributed by atoms with van der Waals surface area (Å²) in [5.41, 5.74) is 0.777. The summed E-state index contributed by atoms with van der Waals surface area (Å²) in [4.78, 5) is 20.7. The van der Waals surface area contributed by atoms with E-state index in [4.69, 9.17) is 16.1 Å². The van der Waals surface area contributed by atoms with Crippen LogP contribution in [0, 0.1) is 5.92 Å². The Balaban J connectivity index is 1.50. The Hall–Kier alpha value is -1.92. The van der Waals surface area contributed by atoms with Crippen molar-refractivity contribution in [2.75, 3.05) is 19.6 Å². The molecule has 4 heterocycles. The lowest BCUT2D eigenvalue weighted by Crippen LogP contribution is -2.43. The van der Waals surface area contributed by atoms with Gasteiger partial charge in [0.25, 0.3) is 0 Å². The van der Waals surface area contributed by atoms with Crippen LogP contribution < -0.4 is 0 Å². The van der Waals surface area contributed by atoms with Crippen LogP contribution in [0.15, 0.2) is 28.8 Å². The third-order valence-electron chi connectivity index (χ3n) is 5.19. The first-order chi connectivity index (χ1) is 12.1. The van der Waals surface area contributed by atoms with Crippen LogP contribution in [-0.4, -0.2) is 51.5 Å². The Morgan fingerprint density at radius 3 is 2.92 bits per heavy atom. The number of amides is 1. The number of benzene rings is 1. The number of piperidine rings is 1. The summed E-state index contributed by atoms with van der Waals surface area (Å²) in [6, 6.07) is 7.84. The number of halogens is 1. The summed E-state index contributed by atoms with van der Waals surface area (Å²) < 4.78 is 5.46. The molecule has 0 unspecified atom stereocenters. The van der Waals surface area contributed by atoms with Gasteiger partial charge in [0.05, 0.1) is 11.6 Å². The summed E-state index contributed by atoms with van der Waals surface area (Å²) >= 11 is 6.21. The van der Waals surface area contributed by atoms with Crippen molar-refractivity contribution in [2.45, 2.75) is 32.4 Å². The van der Waals surface area contributed by atoms with Crippen molar-refractivity contribution in [1.82, 2.24) is 19.9 Å². The van der Waals surface area contributed by atoms with Gasteiger partial charge in [-0.25, -0.2) is 0 Å². The molecule has 0 N–H and O–H groups in total. The molecule has 0 spiro atoms. The third-order valence-corrected chi connectivity index (χ3v) is 5.52. The van der Waals surface area contributed by atoms with E-state index in [1.165, 1.54) is 6.42 Å². The molecule has 3 fully saturated rings. The Labute approximate surface area is 151 Å². The van der Waals surface area contributed by atoms with Crippen LogP contribution in [0.5, 0.6) is 0 Å². The minimum Gasteiger partial charge on any atom is -0.341 e. The van der Waals surface area contributed by atoms with E-state index in [-0.39, 0.29) is 5.91 Å². The van der Waals surface area contributed by atoms with Gasteiger partial charge in [0, 0.05) is 38.2 Å². The molecule has 132 valence electrons. The quantitative estimate of drug-likeness (QED) is 0.842. The fourth-order valence-electron chi connectivity index (χ4n) is 3.87. The Morgan fingerprint density at radius 1 is 1.28 bits per heavy atom. The van der Waals surface area contributed by atoms with E-state index in [0.29, 0.717) is 35.2 Å². The number of carbonyl (C=O) groups is 1. The van der Waals surface area contributed by atoms with E-state index in [2.05, 4.69) is 15.0 Å². The second-order valence-corrected chi connectivity index (χ2v) is 7.35. The average molecular weight is 361 g/mol. The molecule has 2 bridgehead atoms. The van der Waals surface area contributed by atoms with Crippen LogP contribution in [0.25, 0.3) is 11.4 Å². The van der Waals surface area contributed by atoms with Crippen molar-refractivity contribution < 1.29 is 9.32 Å². The monoisotopic (exact) mass is 360 g/mol. The van der Waals surface area contributed by atoms with Gasteiger partial charge in [-0.3, -0.25) is 9.69 Å². The Bertz CT molecular complexity index is 778. The standard InChI is InChI=1S/C18H21ClN4O2/c1-12(24)22-8-13-6-7-14(10-22)23(9-13)11-17-20-18(21-25-17)15-4-2-3-5-16(15)19/h2-5,13-14H,6-11H2,1H3/t13-,14+/m0/s1. The van der Waals surface area contributed by atoms with Gasteiger partial charge in [0.1, 0.15) is 0 Å². The number of hydrogen-bond donors (Lipinski definition) is 0. The van der Waals surface area contributed by atoms with Crippen LogP contribution in [0.3, 0.4) is 0 Å². The zero-order chi connectivity index (χ0) is 17.4. The van der Waals surface area contributed by atoms with E-state index in [9.17, 15) is 4.79 Å². The molecular formula is C18H21ClN4O2. The molecule has 3 saturated heterocycles. The highest BCUT2D eigenvalue weighted by atomic mass is 35.5. The van der Waals surface area contributed by atoms with Gasteiger partial charge in [-0.1, -0.05) is 28.9 Å². The number of carbonyl (C=O) groups excluding carboxylic acids is 1. The maximum atomic E-state index is 11.8. The highest BCUT2D eigenvalue weighted by Gasteiger charge is 2.36. The fraction of sp³-hybridized carbons (Fsp3) is 0.500. The van der Waals surface area contributed by atoms with Crippen LogP contribution >= 0.6 is 11.6 Å². The largest absolute Gasteiger partial charge is 0.341 e. The van der Waals surface area contributed by atoms with Gasteiger partial charge < -0.3 is 9.42 Å². The highest BCUT2D eigenvalue weighted by molar-refractivity contribution is 6.33. The predicted octanol–water partition coefficient (Wildman–Crippen LogP) is 2.83. The maximum absolute atomic E-state index is 11.8. The lowest BCUT2D eigenvalue weighted by molar-refractivity contribution is -0.129. The molecule has 0 saturated carbocycles. The molecule has 3 aliphatic heterocycles. The van der Waals surface area contributed by atoms with Crippen molar-refractivity contribution in [3.63, 3.8) is 0 Å². The lowest BCUT2D eigenvalue weighted by atomic mass is 9.95. The summed E-state index contributed by atoms with van der Waals surface area (Å²) in [6.45, 7) is 4.89. The Kier molecular flexibility index (Phi) is 4.48. The van der Waals surface area contributed by atoms with Gasteiger partial charge in [-0.15, -0.1) is 0 Å². The van der Waals surface area contributed by atoms with E-state index in [1.54, 1.807) is 6.92 Å². The first kappa shape index (κ1) is 16.5. The van der Waals surface area contributed by atoms with Crippen LogP contribution in [0.4, 0.5) is 0 Å². The SMILES string of the molecule is CC(=O)N1C[C@@H]2CC[C@H](C1)N(Cc1nc(-c3ccccc3Cl)no1)C2. The second-order valence-electron chi connectivity index (χ2n) is 6.94. The molecule has 3 aliphatic rings. The first-order valence-electron chi connectivity index (χ1n) is 8.67. The van der Waals surface area contributed by atoms with Crippen LogP contribution in [-0.2, 0) is 11.3 Å². The first-order valence-corrected chi connectivity index (χ1v) is 9.05. The molecule has 6 nitrogen and oxygen atoms in total. The van der Waals surface area contributed by atoms with Gasteiger partial charge in [-0.2, -0.15) is 4.98 Å². The average Bonchev–Trinajstić information content (AvgIpc) is 2.85. The molecule has 7 heteroatoms. The van der Waals surface area contributed by atoms with E-state index in [1.807, 2.05) is 29.2 Å². The van der Waals surface area contributed by atoms with E-state index in [0.717, 1.165) is 31.6 Å². The molecule has 1 aromatic carbocycles. The Morgan fingerprint density at radius 2 is 2.12 bits per heavy atom. The molecule has 1 amide bonds. The summed E-state index contributed by atoms with van der Waals surface area (Å²) in [5, 5.41) is 4.69. The molecule has 5 rings (SSSR count). The minimum absolute atomic E-state index is 0.164. The second kappa shape index (κ2) is 6.77. The van der Waals surface area contributed by atoms with Gasteiger partial charge in [-0.05, 0) is 30.9 Å². The number of nitrogens with zero attached hydrogens (tertiary/aromatic N) is 4. The molecular weight excluding hydrogens is 340 g/mol. The van der Waals surface area contributed by atoms with Gasteiger partial charge in [0.2, 0.25) is 17.6 Å².